The molecule has 8 nitrogen and oxygen atoms in total. The van der Waals surface area contributed by atoms with Crippen molar-refractivity contribution in [3.8, 4) is 28.3 Å². The molecule has 0 bridgehead atoms. The maximum absolute atomic E-state index is 12.6. The summed E-state index contributed by atoms with van der Waals surface area (Å²) in [5.74, 6) is 0.471. The summed E-state index contributed by atoms with van der Waals surface area (Å²) in [6.07, 6.45) is 0. The summed E-state index contributed by atoms with van der Waals surface area (Å²) >= 11 is 0. The number of anilines is 1. The van der Waals surface area contributed by atoms with Gasteiger partial charge in [-0.05, 0) is 41.5 Å². The summed E-state index contributed by atoms with van der Waals surface area (Å²) in [7, 11) is 0. The SMILES string of the molecule is O=C(COc1ccc(-c2ccccc2)cc1)Nc1ccccc1-c1nc2ccc([N+](=O)[O-])cc2o1. The molecule has 1 heterocycles. The highest BCUT2D eigenvalue weighted by molar-refractivity contribution is 5.96. The van der Waals surface area contributed by atoms with Crippen molar-refractivity contribution in [2.75, 3.05) is 11.9 Å². The Labute approximate surface area is 200 Å². The van der Waals surface area contributed by atoms with Gasteiger partial charge < -0.3 is 14.5 Å². The molecule has 1 amide bonds. The molecule has 35 heavy (non-hydrogen) atoms. The van der Waals surface area contributed by atoms with Gasteiger partial charge in [0.25, 0.3) is 11.6 Å². The Bertz CT molecular complexity index is 1510. The molecule has 0 spiro atoms. The summed E-state index contributed by atoms with van der Waals surface area (Å²) in [6.45, 7) is -0.182. The van der Waals surface area contributed by atoms with Crippen LogP contribution in [0.25, 0.3) is 33.7 Å². The van der Waals surface area contributed by atoms with Crippen molar-refractivity contribution >= 4 is 28.4 Å². The normalized spacial score (nSPS) is 10.7. The number of non-ortho nitro benzene ring substituents is 1. The van der Waals surface area contributed by atoms with E-state index in [0.29, 0.717) is 22.5 Å². The van der Waals surface area contributed by atoms with Crippen molar-refractivity contribution in [3.05, 3.63) is 107 Å². The monoisotopic (exact) mass is 465 g/mol. The van der Waals surface area contributed by atoms with Crippen molar-refractivity contribution in [2.24, 2.45) is 0 Å². The molecule has 0 aliphatic rings. The van der Waals surface area contributed by atoms with Crippen molar-refractivity contribution in [2.45, 2.75) is 0 Å². The van der Waals surface area contributed by atoms with Gasteiger partial charge in [0.15, 0.2) is 12.2 Å². The van der Waals surface area contributed by atoms with E-state index in [4.69, 9.17) is 9.15 Å². The maximum atomic E-state index is 12.6. The summed E-state index contributed by atoms with van der Waals surface area (Å²) in [4.78, 5) is 27.5. The minimum Gasteiger partial charge on any atom is -0.484 e. The minimum absolute atomic E-state index is 0.0873. The van der Waals surface area contributed by atoms with Crippen LogP contribution < -0.4 is 10.1 Å². The number of para-hydroxylation sites is 1. The Morgan fingerprint density at radius 1 is 0.914 bits per heavy atom. The molecular formula is C27H19N3O5. The van der Waals surface area contributed by atoms with Gasteiger partial charge in [-0.1, -0.05) is 54.6 Å². The van der Waals surface area contributed by atoms with Crippen LogP contribution in [0.15, 0.2) is 101 Å². The lowest BCUT2D eigenvalue weighted by molar-refractivity contribution is -0.384. The quantitative estimate of drug-likeness (QED) is 0.230. The van der Waals surface area contributed by atoms with Gasteiger partial charge in [0.2, 0.25) is 5.89 Å². The molecule has 1 N–H and O–H groups in total. The van der Waals surface area contributed by atoms with Gasteiger partial charge in [0, 0.05) is 6.07 Å². The molecule has 0 fully saturated rings. The van der Waals surface area contributed by atoms with Crippen LogP contribution in [0.1, 0.15) is 0 Å². The molecule has 1 aromatic heterocycles. The zero-order valence-electron chi connectivity index (χ0n) is 18.4. The van der Waals surface area contributed by atoms with Crippen molar-refractivity contribution in [1.82, 2.24) is 4.98 Å². The smallest absolute Gasteiger partial charge is 0.273 e. The number of hydrogen-bond donors (Lipinski definition) is 1. The van der Waals surface area contributed by atoms with Crippen molar-refractivity contribution in [3.63, 3.8) is 0 Å². The van der Waals surface area contributed by atoms with Gasteiger partial charge in [0.05, 0.1) is 22.2 Å². The second-order valence-electron chi connectivity index (χ2n) is 7.70. The largest absolute Gasteiger partial charge is 0.484 e. The fraction of sp³-hybridized carbons (Fsp3) is 0.0370. The van der Waals surface area contributed by atoms with E-state index in [1.165, 1.54) is 18.2 Å². The van der Waals surface area contributed by atoms with Crippen molar-refractivity contribution in [1.29, 1.82) is 0 Å². The highest BCUT2D eigenvalue weighted by atomic mass is 16.6. The molecule has 5 aromatic rings. The van der Waals surface area contributed by atoms with Gasteiger partial charge >= 0.3 is 0 Å². The first-order chi connectivity index (χ1) is 17.1. The molecule has 0 unspecified atom stereocenters. The number of benzene rings is 4. The van der Waals surface area contributed by atoms with Gasteiger partial charge in [-0.15, -0.1) is 0 Å². The topological polar surface area (TPSA) is 108 Å². The molecule has 0 saturated carbocycles. The van der Waals surface area contributed by atoms with Crippen LogP contribution >= 0.6 is 0 Å². The van der Waals surface area contributed by atoms with E-state index in [-0.39, 0.29) is 29.7 Å². The number of fused-ring (bicyclic) bond motifs is 1. The van der Waals surface area contributed by atoms with E-state index < -0.39 is 4.92 Å². The molecule has 0 atom stereocenters. The van der Waals surface area contributed by atoms with Gasteiger partial charge in [0.1, 0.15) is 11.3 Å². The first-order valence-electron chi connectivity index (χ1n) is 10.8. The fourth-order valence-electron chi connectivity index (χ4n) is 3.63. The predicted molar refractivity (Wildman–Crippen MR) is 132 cm³/mol. The number of aromatic nitrogens is 1. The summed E-state index contributed by atoms with van der Waals surface area (Å²) in [6, 6.07) is 28.7. The Hall–Kier alpha value is -4.98. The minimum atomic E-state index is -0.495. The van der Waals surface area contributed by atoms with Gasteiger partial charge in [-0.3, -0.25) is 14.9 Å². The number of nitrogens with one attached hydrogen (secondary N) is 1. The first kappa shape index (κ1) is 21.8. The van der Waals surface area contributed by atoms with Crippen molar-refractivity contribution < 1.29 is 18.9 Å². The van der Waals surface area contributed by atoms with Crippen LogP contribution in [0, 0.1) is 10.1 Å². The number of carbonyl (C=O) groups excluding carboxylic acids is 1. The summed E-state index contributed by atoms with van der Waals surface area (Å²) in [5, 5.41) is 13.8. The van der Waals surface area contributed by atoms with E-state index in [1.54, 1.807) is 24.3 Å². The average Bonchev–Trinajstić information content (AvgIpc) is 3.32. The number of amides is 1. The average molecular weight is 465 g/mol. The number of nitro benzene ring substituents is 1. The van der Waals surface area contributed by atoms with E-state index in [9.17, 15) is 14.9 Å². The number of hydrogen-bond acceptors (Lipinski definition) is 6. The molecule has 0 aliphatic carbocycles. The van der Waals surface area contributed by atoms with E-state index >= 15 is 0 Å². The number of nitrogens with zero attached hydrogens (tertiary/aromatic N) is 2. The van der Waals surface area contributed by atoms with Crippen LogP contribution in [0.4, 0.5) is 11.4 Å². The van der Waals surface area contributed by atoms with Crippen LogP contribution in [0.2, 0.25) is 0 Å². The third-order valence-electron chi connectivity index (χ3n) is 5.35. The summed E-state index contributed by atoms with van der Waals surface area (Å²) < 4.78 is 11.4. The van der Waals surface area contributed by atoms with Crippen LogP contribution in [0.3, 0.4) is 0 Å². The number of carbonyl (C=O) groups is 1. The Morgan fingerprint density at radius 3 is 2.40 bits per heavy atom. The second-order valence-corrected chi connectivity index (χ2v) is 7.70. The Kier molecular flexibility index (Phi) is 5.92. The van der Waals surface area contributed by atoms with Crippen LogP contribution in [-0.2, 0) is 4.79 Å². The number of ether oxygens (including phenoxy) is 1. The predicted octanol–water partition coefficient (Wildman–Crippen LogP) is 6.09. The molecule has 0 radical (unpaired) electrons. The third-order valence-corrected chi connectivity index (χ3v) is 5.35. The Balaban J connectivity index is 1.28. The molecular weight excluding hydrogens is 446 g/mol. The molecule has 4 aromatic carbocycles. The highest BCUT2D eigenvalue weighted by Crippen LogP contribution is 2.31. The van der Waals surface area contributed by atoms with E-state index in [1.807, 2.05) is 54.6 Å². The lowest BCUT2D eigenvalue weighted by Gasteiger charge is -2.10. The zero-order valence-corrected chi connectivity index (χ0v) is 18.4. The number of nitro groups is 1. The maximum Gasteiger partial charge on any atom is 0.273 e. The molecule has 5 rings (SSSR count). The van der Waals surface area contributed by atoms with Crippen LogP contribution in [0.5, 0.6) is 5.75 Å². The van der Waals surface area contributed by atoms with Gasteiger partial charge in [-0.25, -0.2) is 4.98 Å². The van der Waals surface area contributed by atoms with Gasteiger partial charge in [-0.2, -0.15) is 0 Å². The second kappa shape index (κ2) is 9.48. The highest BCUT2D eigenvalue weighted by Gasteiger charge is 2.16. The summed E-state index contributed by atoms with van der Waals surface area (Å²) in [5.41, 5.74) is 3.87. The molecule has 8 heteroatoms. The van der Waals surface area contributed by atoms with Crippen LogP contribution in [-0.4, -0.2) is 22.4 Å². The molecule has 0 saturated heterocycles. The lowest BCUT2D eigenvalue weighted by Crippen LogP contribution is -2.20. The standard InChI is InChI=1S/C27H19N3O5/c31-26(17-34-21-13-10-19(11-14-21)18-6-2-1-3-7-18)28-23-9-5-4-8-22(23)27-29-24-15-12-20(30(32)33)16-25(24)35-27/h1-16H,17H2,(H,28,31). The zero-order chi connectivity index (χ0) is 24.2. The number of oxazole rings is 1. The third kappa shape index (κ3) is 4.86. The fourth-order valence-corrected chi connectivity index (χ4v) is 3.63. The number of rotatable bonds is 7. The Morgan fingerprint density at radius 2 is 1.63 bits per heavy atom. The molecule has 172 valence electrons. The molecule has 0 aliphatic heterocycles. The lowest BCUT2D eigenvalue weighted by atomic mass is 10.1. The first-order valence-corrected chi connectivity index (χ1v) is 10.8. The van der Waals surface area contributed by atoms with E-state index in [2.05, 4.69) is 10.3 Å². The van der Waals surface area contributed by atoms with E-state index in [0.717, 1.165) is 11.1 Å².